The number of rotatable bonds is 10. The lowest BCUT2D eigenvalue weighted by Gasteiger charge is -2.24. The van der Waals surface area contributed by atoms with Crippen molar-refractivity contribution in [3.05, 3.63) is 54.1 Å². The summed E-state index contributed by atoms with van der Waals surface area (Å²) in [6.45, 7) is 6.21. The fraction of sp³-hybridized carbons (Fsp3) is 0.407. The van der Waals surface area contributed by atoms with Gasteiger partial charge in [0.15, 0.2) is 11.5 Å². The number of carbonyl (C=O) groups excluding carboxylic acids is 1. The van der Waals surface area contributed by atoms with Gasteiger partial charge in [-0.2, -0.15) is 0 Å². The van der Waals surface area contributed by atoms with Crippen molar-refractivity contribution in [2.75, 3.05) is 19.9 Å². The number of carbonyl (C=O) groups is 1. The number of amides is 1. The largest absolute Gasteiger partial charge is 0.454 e. The number of benzene rings is 2. The van der Waals surface area contributed by atoms with Crippen LogP contribution in [0.15, 0.2) is 48.5 Å². The number of aromatic nitrogens is 1. The topological polar surface area (TPSA) is 51.7 Å². The van der Waals surface area contributed by atoms with Gasteiger partial charge in [-0.15, -0.1) is 0 Å². The molecule has 0 saturated heterocycles. The van der Waals surface area contributed by atoms with Gasteiger partial charge in [0.2, 0.25) is 6.79 Å². The maximum Gasteiger partial charge on any atom is 0.254 e. The van der Waals surface area contributed by atoms with Gasteiger partial charge in [0.1, 0.15) is 0 Å². The molecule has 0 bridgehead atoms. The van der Waals surface area contributed by atoms with Crippen LogP contribution in [-0.4, -0.2) is 35.7 Å². The number of unbranched alkanes of at least 4 members (excludes halogenated alkanes) is 4. The average Bonchev–Trinajstić information content (AvgIpc) is 3.30. The summed E-state index contributed by atoms with van der Waals surface area (Å²) in [7, 11) is 0. The summed E-state index contributed by atoms with van der Waals surface area (Å²) in [6.07, 6.45) is 6.62. The molecule has 2 aromatic carbocycles. The molecule has 0 spiro atoms. The number of para-hydroxylation sites is 1. The van der Waals surface area contributed by atoms with E-state index in [9.17, 15) is 4.79 Å². The predicted octanol–water partition coefficient (Wildman–Crippen LogP) is 6.45. The van der Waals surface area contributed by atoms with Crippen molar-refractivity contribution in [1.29, 1.82) is 0 Å². The minimum absolute atomic E-state index is 0.0952. The first-order valence-corrected chi connectivity index (χ1v) is 11.8. The third-order valence-corrected chi connectivity index (χ3v) is 5.97. The highest BCUT2D eigenvalue weighted by atomic mass is 16.7. The van der Waals surface area contributed by atoms with Gasteiger partial charge in [0.05, 0.1) is 16.8 Å². The Hall–Kier alpha value is -3.08. The zero-order valence-electron chi connectivity index (χ0n) is 19.1. The number of pyridine rings is 1. The van der Waals surface area contributed by atoms with Crippen LogP contribution in [0.5, 0.6) is 11.5 Å². The van der Waals surface area contributed by atoms with Gasteiger partial charge in [-0.1, -0.05) is 57.7 Å². The normalized spacial score (nSPS) is 12.3. The third-order valence-electron chi connectivity index (χ3n) is 5.97. The highest BCUT2D eigenvalue weighted by Crippen LogP contribution is 2.36. The molecule has 0 unspecified atom stereocenters. The number of hydrogen-bond acceptors (Lipinski definition) is 4. The lowest BCUT2D eigenvalue weighted by Crippen LogP contribution is -2.33. The fourth-order valence-electron chi connectivity index (χ4n) is 4.15. The van der Waals surface area contributed by atoms with E-state index in [1.165, 1.54) is 0 Å². The summed E-state index contributed by atoms with van der Waals surface area (Å²) >= 11 is 0. The molecule has 4 rings (SSSR count). The molecular formula is C27H32N2O3. The van der Waals surface area contributed by atoms with Gasteiger partial charge >= 0.3 is 0 Å². The Balaban J connectivity index is 1.71. The number of hydrogen-bond donors (Lipinski definition) is 0. The second-order valence-corrected chi connectivity index (χ2v) is 8.35. The van der Waals surface area contributed by atoms with E-state index in [0.717, 1.165) is 85.1 Å². The number of ether oxygens (including phenoxy) is 2. The smallest absolute Gasteiger partial charge is 0.254 e. The van der Waals surface area contributed by atoms with Gasteiger partial charge in [0.25, 0.3) is 5.91 Å². The van der Waals surface area contributed by atoms with Crippen LogP contribution in [0.4, 0.5) is 0 Å². The maximum atomic E-state index is 13.8. The molecule has 2 heterocycles. The first-order valence-electron chi connectivity index (χ1n) is 11.8. The van der Waals surface area contributed by atoms with Crippen molar-refractivity contribution >= 4 is 16.8 Å². The Labute approximate surface area is 190 Å². The second kappa shape index (κ2) is 10.5. The molecule has 0 radical (unpaired) electrons. The number of nitrogens with zero attached hydrogens (tertiary/aromatic N) is 2. The lowest BCUT2D eigenvalue weighted by atomic mass is 10.0. The molecule has 0 atom stereocenters. The van der Waals surface area contributed by atoms with E-state index in [0.29, 0.717) is 5.75 Å². The molecule has 0 aliphatic carbocycles. The van der Waals surface area contributed by atoms with E-state index in [-0.39, 0.29) is 12.7 Å². The zero-order chi connectivity index (χ0) is 22.3. The third kappa shape index (κ3) is 4.87. The summed E-state index contributed by atoms with van der Waals surface area (Å²) in [5.41, 5.74) is 3.23. The van der Waals surface area contributed by atoms with Crippen molar-refractivity contribution in [3.8, 4) is 22.8 Å². The molecule has 1 aliphatic rings. The van der Waals surface area contributed by atoms with Crippen molar-refractivity contribution in [3.63, 3.8) is 0 Å². The fourth-order valence-corrected chi connectivity index (χ4v) is 4.15. The SMILES string of the molecule is CCCCCN(CCCCC)C(=O)c1cc(-c2ccc3c(c2)OCO3)nc2ccccc12. The zero-order valence-corrected chi connectivity index (χ0v) is 19.1. The Morgan fingerprint density at radius 1 is 0.906 bits per heavy atom. The second-order valence-electron chi connectivity index (χ2n) is 8.35. The lowest BCUT2D eigenvalue weighted by molar-refractivity contribution is 0.0751. The minimum Gasteiger partial charge on any atom is -0.454 e. The molecule has 168 valence electrons. The molecule has 0 saturated carbocycles. The molecular weight excluding hydrogens is 400 g/mol. The van der Waals surface area contributed by atoms with E-state index in [2.05, 4.69) is 13.8 Å². The van der Waals surface area contributed by atoms with Crippen LogP contribution < -0.4 is 9.47 Å². The quantitative estimate of drug-likeness (QED) is 0.345. The van der Waals surface area contributed by atoms with Crippen molar-refractivity contribution in [1.82, 2.24) is 9.88 Å². The molecule has 1 aliphatic heterocycles. The van der Waals surface area contributed by atoms with Crippen molar-refractivity contribution in [2.24, 2.45) is 0 Å². The Bertz CT molecular complexity index is 1070. The minimum atomic E-state index is 0.0952. The van der Waals surface area contributed by atoms with E-state index in [1.807, 2.05) is 53.4 Å². The molecule has 3 aromatic rings. The summed E-state index contributed by atoms with van der Waals surface area (Å²) in [5.74, 6) is 1.55. The van der Waals surface area contributed by atoms with Gasteiger partial charge in [-0.25, -0.2) is 4.98 Å². The maximum absolute atomic E-state index is 13.8. The summed E-state index contributed by atoms with van der Waals surface area (Å²) in [6, 6.07) is 15.7. The van der Waals surface area contributed by atoms with Crippen LogP contribution in [0.2, 0.25) is 0 Å². The first kappa shape index (κ1) is 22.1. The molecule has 1 aromatic heterocycles. The van der Waals surface area contributed by atoms with Gasteiger partial charge in [-0.3, -0.25) is 4.79 Å². The summed E-state index contributed by atoms with van der Waals surface area (Å²) < 4.78 is 11.0. The van der Waals surface area contributed by atoms with Crippen LogP contribution in [0.1, 0.15) is 62.7 Å². The Morgan fingerprint density at radius 2 is 1.62 bits per heavy atom. The standard InChI is InChI=1S/C27H32N2O3/c1-3-5-9-15-29(16-10-6-4-2)27(30)22-18-24(28-23-12-8-7-11-21(22)23)20-13-14-25-26(17-20)32-19-31-25/h7-8,11-14,17-18H,3-6,9-10,15-16,19H2,1-2H3. The van der Waals surface area contributed by atoms with Gasteiger partial charge in [0, 0.05) is 24.0 Å². The molecule has 32 heavy (non-hydrogen) atoms. The van der Waals surface area contributed by atoms with Crippen LogP contribution >= 0.6 is 0 Å². The first-order chi connectivity index (χ1) is 15.7. The van der Waals surface area contributed by atoms with Crippen molar-refractivity contribution in [2.45, 2.75) is 52.4 Å². The summed E-state index contributed by atoms with van der Waals surface area (Å²) in [5, 5.41) is 0.901. The summed E-state index contributed by atoms with van der Waals surface area (Å²) in [4.78, 5) is 20.7. The predicted molar refractivity (Wildman–Crippen MR) is 128 cm³/mol. The highest BCUT2D eigenvalue weighted by Gasteiger charge is 2.21. The van der Waals surface area contributed by atoms with Gasteiger partial charge in [-0.05, 0) is 43.2 Å². The molecule has 0 fully saturated rings. The van der Waals surface area contributed by atoms with Crippen LogP contribution in [0.3, 0.4) is 0 Å². The van der Waals surface area contributed by atoms with E-state index in [1.54, 1.807) is 0 Å². The van der Waals surface area contributed by atoms with Crippen LogP contribution in [-0.2, 0) is 0 Å². The monoisotopic (exact) mass is 432 g/mol. The van der Waals surface area contributed by atoms with E-state index in [4.69, 9.17) is 14.5 Å². The molecule has 0 N–H and O–H groups in total. The van der Waals surface area contributed by atoms with Crippen LogP contribution in [0, 0.1) is 0 Å². The van der Waals surface area contributed by atoms with Crippen molar-refractivity contribution < 1.29 is 14.3 Å². The van der Waals surface area contributed by atoms with Crippen LogP contribution in [0.25, 0.3) is 22.2 Å². The molecule has 5 heteroatoms. The average molecular weight is 433 g/mol. The van der Waals surface area contributed by atoms with Gasteiger partial charge < -0.3 is 14.4 Å². The Morgan fingerprint density at radius 3 is 2.38 bits per heavy atom. The van der Waals surface area contributed by atoms with E-state index >= 15 is 0 Å². The number of fused-ring (bicyclic) bond motifs is 2. The van der Waals surface area contributed by atoms with E-state index < -0.39 is 0 Å². The Kier molecular flexibility index (Phi) is 7.25. The molecule has 5 nitrogen and oxygen atoms in total. The molecule has 1 amide bonds. The highest BCUT2D eigenvalue weighted by molar-refractivity contribution is 6.07.